The Hall–Kier alpha value is -1.38. The smallest absolute Gasteiger partial charge is 0.231 e. The Morgan fingerprint density at radius 2 is 2.25 bits per heavy atom. The number of hydrazone groups is 1. The molecule has 8 heteroatoms. The monoisotopic (exact) mass is 359 g/mol. The lowest BCUT2D eigenvalue weighted by atomic mass is 10.2. The first-order chi connectivity index (χ1) is 9.70. The van der Waals surface area contributed by atoms with E-state index in [0.29, 0.717) is 24.0 Å². The van der Waals surface area contributed by atoms with E-state index in [-0.39, 0.29) is 6.79 Å². The summed E-state index contributed by atoms with van der Waals surface area (Å²) in [6, 6.07) is 3.69. The Balaban J connectivity index is 1.90. The van der Waals surface area contributed by atoms with Gasteiger partial charge >= 0.3 is 0 Å². The molecule has 1 aromatic rings. The number of methoxy groups -OCH3 is 1. The highest BCUT2D eigenvalue weighted by Gasteiger charge is 2.15. The van der Waals surface area contributed by atoms with Crippen molar-refractivity contribution in [3.8, 4) is 11.5 Å². The third-order valence-corrected chi connectivity index (χ3v) is 3.38. The standard InChI is InChI=1S/C12H14BrN3O3S/c1-17-3-2-14-12(20)16-15-6-8-4-10-11(5-9(8)13)19-7-18-10/h4-6H,2-3,7H2,1H3,(H2,14,16,20)/b15-6-. The van der Waals surface area contributed by atoms with E-state index in [1.54, 1.807) is 13.3 Å². The third kappa shape index (κ3) is 4.06. The molecule has 0 atom stereocenters. The summed E-state index contributed by atoms with van der Waals surface area (Å²) >= 11 is 8.50. The molecule has 1 aliphatic rings. The number of halogens is 1. The summed E-state index contributed by atoms with van der Waals surface area (Å²) in [5.41, 5.74) is 3.59. The Bertz CT molecular complexity index is 525. The van der Waals surface area contributed by atoms with Crippen LogP contribution in [-0.4, -0.2) is 38.4 Å². The van der Waals surface area contributed by atoms with Gasteiger partial charge in [0.05, 0.1) is 12.8 Å². The normalized spacial score (nSPS) is 12.7. The van der Waals surface area contributed by atoms with Crippen molar-refractivity contribution in [3.05, 3.63) is 22.2 Å². The minimum atomic E-state index is 0.244. The third-order valence-electron chi connectivity index (χ3n) is 2.45. The summed E-state index contributed by atoms with van der Waals surface area (Å²) in [6.07, 6.45) is 1.65. The van der Waals surface area contributed by atoms with Gasteiger partial charge in [0.1, 0.15) is 0 Å². The quantitative estimate of drug-likeness (QED) is 0.360. The van der Waals surface area contributed by atoms with Crippen molar-refractivity contribution >= 4 is 39.5 Å². The number of nitrogens with zero attached hydrogens (tertiary/aromatic N) is 1. The second kappa shape index (κ2) is 7.41. The maximum absolute atomic E-state index is 5.31. The Morgan fingerprint density at radius 3 is 3.00 bits per heavy atom. The molecule has 1 aliphatic heterocycles. The van der Waals surface area contributed by atoms with Crippen molar-refractivity contribution < 1.29 is 14.2 Å². The van der Waals surface area contributed by atoms with Crippen LogP contribution in [0.3, 0.4) is 0 Å². The molecule has 0 saturated carbocycles. The molecule has 2 rings (SSSR count). The van der Waals surface area contributed by atoms with E-state index < -0.39 is 0 Å². The van der Waals surface area contributed by atoms with Crippen LogP contribution in [-0.2, 0) is 4.74 Å². The van der Waals surface area contributed by atoms with Gasteiger partial charge in [0, 0.05) is 23.7 Å². The molecule has 0 spiro atoms. The fourth-order valence-electron chi connectivity index (χ4n) is 1.50. The van der Waals surface area contributed by atoms with E-state index in [4.69, 9.17) is 26.4 Å². The van der Waals surface area contributed by atoms with Gasteiger partial charge in [-0.05, 0) is 40.3 Å². The van der Waals surface area contributed by atoms with Crippen LogP contribution in [0.15, 0.2) is 21.7 Å². The highest BCUT2D eigenvalue weighted by Crippen LogP contribution is 2.36. The molecule has 0 amide bonds. The van der Waals surface area contributed by atoms with Gasteiger partial charge in [0.25, 0.3) is 0 Å². The van der Waals surface area contributed by atoms with Crippen LogP contribution < -0.4 is 20.2 Å². The molecule has 0 unspecified atom stereocenters. The van der Waals surface area contributed by atoms with Gasteiger partial charge < -0.3 is 19.5 Å². The van der Waals surface area contributed by atoms with E-state index in [1.807, 2.05) is 12.1 Å². The lowest BCUT2D eigenvalue weighted by molar-refractivity contribution is 0.174. The summed E-state index contributed by atoms with van der Waals surface area (Å²) < 4.78 is 16.4. The average molecular weight is 360 g/mol. The molecule has 0 aromatic heterocycles. The summed E-state index contributed by atoms with van der Waals surface area (Å²) in [6.45, 7) is 1.46. The van der Waals surface area contributed by atoms with Gasteiger partial charge in [-0.25, -0.2) is 0 Å². The Morgan fingerprint density at radius 1 is 1.50 bits per heavy atom. The highest BCUT2D eigenvalue weighted by atomic mass is 79.9. The molecular formula is C12H14BrN3O3S. The number of ether oxygens (including phenoxy) is 3. The molecule has 20 heavy (non-hydrogen) atoms. The van der Waals surface area contributed by atoms with Gasteiger partial charge in [0.2, 0.25) is 6.79 Å². The molecular weight excluding hydrogens is 346 g/mol. The van der Waals surface area contributed by atoms with Crippen LogP contribution in [0.2, 0.25) is 0 Å². The number of hydrogen-bond donors (Lipinski definition) is 2. The zero-order chi connectivity index (χ0) is 14.4. The van der Waals surface area contributed by atoms with Crippen LogP contribution in [0, 0.1) is 0 Å². The van der Waals surface area contributed by atoms with Crippen LogP contribution in [0.4, 0.5) is 0 Å². The molecule has 1 heterocycles. The number of fused-ring (bicyclic) bond motifs is 1. The largest absolute Gasteiger partial charge is 0.454 e. The second-order valence-corrected chi connectivity index (χ2v) is 5.11. The van der Waals surface area contributed by atoms with Crippen molar-refractivity contribution in [3.63, 3.8) is 0 Å². The number of thiocarbonyl (C=S) groups is 1. The summed E-state index contributed by atoms with van der Waals surface area (Å²) in [7, 11) is 1.63. The fourth-order valence-corrected chi connectivity index (χ4v) is 2.08. The van der Waals surface area contributed by atoms with Gasteiger partial charge in [-0.3, -0.25) is 5.43 Å². The van der Waals surface area contributed by atoms with Crippen LogP contribution in [0.1, 0.15) is 5.56 Å². The first-order valence-corrected chi connectivity index (χ1v) is 7.06. The summed E-state index contributed by atoms with van der Waals surface area (Å²) in [5.74, 6) is 1.43. The highest BCUT2D eigenvalue weighted by molar-refractivity contribution is 9.10. The van der Waals surface area contributed by atoms with Gasteiger partial charge in [0.15, 0.2) is 16.6 Å². The first-order valence-electron chi connectivity index (χ1n) is 5.85. The fraction of sp³-hybridized carbons (Fsp3) is 0.333. The van der Waals surface area contributed by atoms with Crippen molar-refractivity contribution in [2.24, 2.45) is 5.10 Å². The molecule has 1 aromatic carbocycles. The number of benzene rings is 1. The molecule has 6 nitrogen and oxygen atoms in total. The molecule has 108 valence electrons. The van der Waals surface area contributed by atoms with Gasteiger partial charge in [-0.15, -0.1) is 0 Å². The van der Waals surface area contributed by atoms with E-state index in [9.17, 15) is 0 Å². The molecule has 0 saturated heterocycles. The van der Waals surface area contributed by atoms with E-state index in [2.05, 4.69) is 31.8 Å². The molecule has 2 N–H and O–H groups in total. The Kier molecular flexibility index (Phi) is 5.57. The SMILES string of the molecule is COCCNC(=S)N/N=C\c1cc2c(cc1Br)OCO2. The predicted octanol–water partition coefficient (Wildman–Crippen LogP) is 1.62. The topological polar surface area (TPSA) is 64.1 Å². The predicted molar refractivity (Wildman–Crippen MR) is 83.5 cm³/mol. The molecule has 0 fully saturated rings. The van der Waals surface area contributed by atoms with E-state index in [0.717, 1.165) is 15.8 Å². The zero-order valence-corrected chi connectivity index (χ0v) is 13.2. The molecule has 0 bridgehead atoms. The van der Waals surface area contributed by atoms with E-state index >= 15 is 0 Å². The minimum absolute atomic E-state index is 0.244. The van der Waals surface area contributed by atoms with E-state index in [1.165, 1.54) is 0 Å². The van der Waals surface area contributed by atoms with Crippen molar-refractivity contribution in [1.29, 1.82) is 0 Å². The number of rotatable bonds is 5. The molecule has 0 aliphatic carbocycles. The maximum atomic E-state index is 5.31. The zero-order valence-electron chi connectivity index (χ0n) is 10.8. The number of hydrogen-bond acceptors (Lipinski definition) is 5. The van der Waals surface area contributed by atoms with Crippen LogP contribution >= 0.6 is 28.1 Å². The van der Waals surface area contributed by atoms with Gasteiger partial charge in [-0.2, -0.15) is 5.10 Å². The minimum Gasteiger partial charge on any atom is -0.454 e. The molecule has 0 radical (unpaired) electrons. The van der Waals surface area contributed by atoms with Crippen LogP contribution in [0.25, 0.3) is 0 Å². The second-order valence-electron chi connectivity index (χ2n) is 3.85. The Labute approximate surface area is 130 Å². The van der Waals surface area contributed by atoms with Crippen LogP contribution in [0.5, 0.6) is 11.5 Å². The number of nitrogens with one attached hydrogen (secondary N) is 2. The van der Waals surface area contributed by atoms with Gasteiger partial charge in [-0.1, -0.05) is 0 Å². The maximum Gasteiger partial charge on any atom is 0.231 e. The summed E-state index contributed by atoms with van der Waals surface area (Å²) in [4.78, 5) is 0. The summed E-state index contributed by atoms with van der Waals surface area (Å²) in [5, 5.41) is 7.45. The lowest BCUT2D eigenvalue weighted by Crippen LogP contribution is -2.34. The van der Waals surface area contributed by atoms with Crippen molar-refractivity contribution in [2.45, 2.75) is 0 Å². The lowest BCUT2D eigenvalue weighted by Gasteiger charge is -2.06. The average Bonchev–Trinajstić information content (AvgIpc) is 2.86. The van der Waals surface area contributed by atoms with Crippen molar-refractivity contribution in [2.75, 3.05) is 27.1 Å². The first kappa shape index (κ1) is 15.0. The van der Waals surface area contributed by atoms with Crippen molar-refractivity contribution in [1.82, 2.24) is 10.7 Å².